The lowest BCUT2D eigenvalue weighted by molar-refractivity contribution is -0.162. The van der Waals surface area contributed by atoms with E-state index in [1.54, 1.807) is 0 Å². The molecule has 0 bridgehead atoms. The number of methoxy groups -OCH3 is 2. The van der Waals surface area contributed by atoms with Crippen LogP contribution in [0.2, 0.25) is 0 Å². The molecule has 2 unspecified atom stereocenters. The number of hydrogen-bond donors (Lipinski definition) is 0. The van der Waals surface area contributed by atoms with Gasteiger partial charge in [-0.25, -0.2) is 0 Å². The number of Topliss-reactive ketones (excluding diaryl/α,β-unsaturated/α-hetero) is 1. The van der Waals surface area contributed by atoms with Crippen LogP contribution >= 0.6 is 0 Å². The Morgan fingerprint density at radius 3 is 2.20 bits per heavy atom. The predicted molar refractivity (Wildman–Crippen MR) is 72.9 cm³/mol. The van der Waals surface area contributed by atoms with Gasteiger partial charge in [-0.1, -0.05) is 19.8 Å². The molecule has 0 aromatic carbocycles. The summed E-state index contributed by atoms with van der Waals surface area (Å²) in [4.78, 5) is 35.1. The van der Waals surface area contributed by atoms with E-state index in [9.17, 15) is 14.4 Å². The summed E-state index contributed by atoms with van der Waals surface area (Å²) in [6.07, 6.45) is 4.52. The molecule has 1 aliphatic rings. The molecule has 1 rings (SSSR count). The van der Waals surface area contributed by atoms with Crippen LogP contribution in [-0.4, -0.2) is 31.9 Å². The summed E-state index contributed by atoms with van der Waals surface area (Å²) < 4.78 is 9.47. The Hall–Kier alpha value is -1.39. The third kappa shape index (κ3) is 4.05. The van der Waals surface area contributed by atoms with E-state index in [1.807, 2.05) is 6.92 Å². The minimum absolute atomic E-state index is 0.0699. The zero-order valence-electron chi connectivity index (χ0n) is 12.5. The molecule has 0 spiro atoms. The molecule has 0 amide bonds. The largest absolute Gasteiger partial charge is 0.468 e. The standard InChI is InChI=1S/C15H24O5/c1-4-11(16)9-8-10-6-5-7-12(10)13(14(17)19-2)15(18)20-3/h10,12-13H,4-9H2,1-3H3. The Kier molecular flexibility index (Phi) is 6.68. The topological polar surface area (TPSA) is 69.7 Å². The molecule has 0 saturated heterocycles. The van der Waals surface area contributed by atoms with E-state index in [4.69, 9.17) is 9.47 Å². The van der Waals surface area contributed by atoms with Gasteiger partial charge in [-0.15, -0.1) is 0 Å². The van der Waals surface area contributed by atoms with Gasteiger partial charge in [0.2, 0.25) is 0 Å². The lowest BCUT2D eigenvalue weighted by atomic mass is 9.81. The fraction of sp³-hybridized carbons (Fsp3) is 0.800. The number of ether oxygens (including phenoxy) is 2. The minimum atomic E-state index is -0.853. The number of esters is 2. The average Bonchev–Trinajstić information content (AvgIpc) is 2.92. The fourth-order valence-corrected chi connectivity index (χ4v) is 3.09. The molecule has 0 aliphatic heterocycles. The van der Waals surface area contributed by atoms with Crippen LogP contribution in [0.5, 0.6) is 0 Å². The van der Waals surface area contributed by atoms with Gasteiger partial charge in [-0.3, -0.25) is 14.4 Å². The maximum absolute atomic E-state index is 11.8. The van der Waals surface area contributed by atoms with E-state index in [0.29, 0.717) is 12.8 Å². The van der Waals surface area contributed by atoms with Crippen molar-refractivity contribution in [3.63, 3.8) is 0 Å². The van der Waals surface area contributed by atoms with E-state index in [2.05, 4.69) is 0 Å². The normalized spacial score (nSPS) is 21.8. The summed E-state index contributed by atoms with van der Waals surface area (Å²) in [5.74, 6) is -1.54. The molecule has 0 aromatic rings. The number of carbonyl (C=O) groups excluding carboxylic acids is 3. The van der Waals surface area contributed by atoms with Crippen molar-refractivity contribution in [1.82, 2.24) is 0 Å². The number of hydrogen-bond acceptors (Lipinski definition) is 5. The first-order valence-corrected chi connectivity index (χ1v) is 7.22. The van der Waals surface area contributed by atoms with Gasteiger partial charge in [0.25, 0.3) is 0 Å². The van der Waals surface area contributed by atoms with Crippen molar-refractivity contribution in [2.24, 2.45) is 17.8 Å². The third-order valence-electron chi connectivity index (χ3n) is 4.24. The highest BCUT2D eigenvalue weighted by Gasteiger charge is 2.43. The molecule has 0 aromatic heterocycles. The first-order chi connectivity index (χ1) is 9.54. The van der Waals surface area contributed by atoms with Crippen molar-refractivity contribution in [2.75, 3.05) is 14.2 Å². The van der Waals surface area contributed by atoms with E-state index in [1.165, 1.54) is 14.2 Å². The van der Waals surface area contributed by atoms with Crippen molar-refractivity contribution in [1.29, 1.82) is 0 Å². The Balaban J connectivity index is 2.75. The Bertz CT molecular complexity index is 347. The second kappa shape index (κ2) is 8.02. The zero-order chi connectivity index (χ0) is 15.1. The van der Waals surface area contributed by atoms with Gasteiger partial charge in [0, 0.05) is 12.8 Å². The molecular formula is C15H24O5. The molecule has 1 saturated carbocycles. The summed E-state index contributed by atoms with van der Waals surface area (Å²) in [5.41, 5.74) is 0. The molecule has 2 atom stereocenters. The smallest absolute Gasteiger partial charge is 0.320 e. The second-order valence-electron chi connectivity index (χ2n) is 5.31. The fourth-order valence-electron chi connectivity index (χ4n) is 3.09. The van der Waals surface area contributed by atoms with Gasteiger partial charge in [0.05, 0.1) is 14.2 Å². The molecule has 5 heteroatoms. The summed E-state index contributed by atoms with van der Waals surface area (Å²) in [6, 6.07) is 0. The van der Waals surface area contributed by atoms with Crippen molar-refractivity contribution in [3.05, 3.63) is 0 Å². The Labute approximate surface area is 120 Å². The van der Waals surface area contributed by atoms with Crippen molar-refractivity contribution in [3.8, 4) is 0 Å². The lowest BCUT2D eigenvalue weighted by Gasteiger charge is -2.24. The molecule has 1 aliphatic carbocycles. The lowest BCUT2D eigenvalue weighted by Crippen LogP contribution is -2.35. The molecule has 0 radical (unpaired) electrons. The maximum Gasteiger partial charge on any atom is 0.320 e. The van der Waals surface area contributed by atoms with E-state index >= 15 is 0 Å². The Morgan fingerprint density at radius 1 is 1.10 bits per heavy atom. The SMILES string of the molecule is CCC(=O)CCC1CCCC1C(C(=O)OC)C(=O)OC. The third-order valence-corrected chi connectivity index (χ3v) is 4.24. The highest BCUT2D eigenvalue weighted by atomic mass is 16.5. The van der Waals surface area contributed by atoms with Gasteiger partial charge < -0.3 is 9.47 Å². The van der Waals surface area contributed by atoms with Crippen LogP contribution in [-0.2, 0) is 23.9 Å². The molecule has 20 heavy (non-hydrogen) atoms. The highest BCUT2D eigenvalue weighted by Crippen LogP contribution is 2.40. The first kappa shape index (κ1) is 16.7. The number of rotatable bonds is 7. The van der Waals surface area contributed by atoms with E-state index < -0.39 is 17.9 Å². The van der Waals surface area contributed by atoms with Crippen molar-refractivity contribution in [2.45, 2.75) is 45.4 Å². The number of ketones is 1. The van der Waals surface area contributed by atoms with Gasteiger partial charge >= 0.3 is 11.9 Å². The van der Waals surface area contributed by atoms with Crippen LogP contribution in [0.3, 0.4) is 0 Å². The second-order valence-corrected chi connectivity index (χ2v) is 5.31. The summed E-state index contributed by atoms with van der Waals surface area (Å²) >= 11 is 0. The van der Waals surface area contributed by atoms with Gasteiger partial charge in [-0.2, -0.15) is 0 Å². The van der Waals surface area contributed by atoms with Crippen molar-refractivity contribution < 1.29 is 23.9 Å². The maximum atomic E-state index is 11.8. The van der Waals surface area contributed by atoms with Crippen LogP contribution < -0.4 is 0 Å². The highest BCUT2D eigenvalue weighted by molar-refractivity contribution is 5.95. The predicted octanol–water partition coefficient (Wildman–Crippen LogP) is 2.12. The van der Waals surface area contributed by atoms with Crippen LogP contribution in [0.15, 0.2) is 0 Å². The molecule has 0 N–H and O–H groups in total. The molecule has 0 heterocycles. The van der Waals surface area contributed by atoms with Crippen LogP contribution in [0.1, 0.15) is 45.4 Å². The quantitative estimate of drug-likeness (QED) is 0.529. The summed E-state index contributed by atoms with van der Waals surface area (Å²) in [6.45, 7) is 1.85. The van der Waals surface area contributed by atoms with Crippen LogP contribution in [0.4, 0.5) is 0 Å². The van der Waals surface area contributed by atoms with Gasteiger partial charge in [-0.05, 0) is 24.7 Å². The minimum Gasteiger partial charge on any atom is -0.468 e. The Morgan fingerprint density at radius 2 is 1.70 bits per heavy atom. The van der Waals surface area contributed by atoms with Gasteiger partial charge in [0.15, 0.2) is 5.92 Å². The van der Waals surface area contributed by atoms with Crippen LogP contribution in [0, 0.1) is 17.8 Å². The van der Waals surface area contributed by atoms with Gasteiger partial charge in [0.1, 0.15) is 5.78 Å². The summed E-state index contributed by atoms with van der Waals surface area (Å²) in [7, 11) is 2.56. The summed E-state index contributed by atoms with van der Waals surface area (Å²) in [5, 5.41) is 0. The van der Waals surface area contributed by atoms with E-state index in [-0.39, 0.29) is 17.6 Å². The number of carbonyl (C=O) groups is 3. The molecule has 114 valence electrons. The molecule has 5 nitrogen and oxygen atoms in total. The first-order valence-electron chi connectivity index (χ1n) is 7.22. The van der Waals surface area contributed by atoms with E-state index in [0.717, 1.165) is 25.7 Å². The average molecular weight is 284 g/mol. The molecular weight excluding hydrogens is 260 g/mol. The zero-order valence-corrected chi connectivity index (χ0v) is 12.5. The molecule has 1 fully saturated rings. The monoisotopic (exact) mass is 284 g/mol. The van der Waals surface area contributed by atoms with Crippen molar-refractivity contribution >= 4 is 17.7 Å². The van der Waals surface area contributed by atoms with Crippen LogP contribution in [0.25, 0.3) is 0 Å².